The molecule has 0 spiro atoms. The molecule has 0 saturated carbocycles. The molecule has 31 heavy (non-hydrogen) atoms. The van der Waals surface area contributed by atoms with Gasteiger partial charge in [0.1, 0.15) is 30.3 Å². The second-order valence-electron chi connectivity index (χ2n) is 6.83. The van der Waals surface area contributed by atoms with E-state index in [-0.39, 0.29) is 12.0 Å². The SMILES string of the molecule is C=CCOC(=O)c1ccccc1-c1c2ccc(=O)cc-2oc2cc(OCC=C)ccc12. The van der Waals surface area contributed by atoms with Crippen LogP contribution in [0.1, 0.15) is 10.4 Å². The molecule has 2 aromatic carbocycles. The van der Waals surface area contributed by atoms with E-state index in [2.05, 4.69) is 13.2 Å². The molecule has 0 N–H and O–H groups in total. The van der Waals surface area contributed by atoms with Crippen LogP contribution in [0.2, 0.25) is 0 Å². The van der Waals surface area contributed by atoms with Gasteiger partial charge in [0.25, 0.3) is 0 Å². The number of esters is 1. The van der Waals surface area contributed by atoms with Crippen LogP contribution in [0, 0.1) is 0 Å². The predicted octanol–water partition coefficient (Wildman–Crippen LogP) is 5.47. The fourth-order valence-electron chi connectivity index (χ4n) is 3.48. The first-order valence-corrected chi connectivity index (χ1v) is 9.74. The molecule has 0 radical (unpaired) electrons. The Morgan fingerprint density at radius 1 is 0.935 bits per heavy atom. The minimum atomic E-state index is -0.455. The Kier molecular flexibility index (Phi) is 5.67. The molecule has 0 bridgehead atoms. The van der Waals surface area contributed by atoms with Crippen LogP contribution in [0.15, 0.2) is 95.2 Å². The smallest absolute Gasteiger partial charge is 0.339 e. The molecule has 0 aromatic heterocycles. The molecular formula is C26H20O5. The van der Waals surface area contributed by atoms with Crippen molar-refractivity contribution in [2.24, 2.45) is 0 Å². The molecule has 1 heterocycles. The number of carbonyl (C=O) groups is 1. The van der Waals surface area contributed by atoms with Crippen LogP contribution in [0.4, 0.5) is 0 Å². The number of ether oxygens (including phenoxy) is 2. The third-order valence-corrected chi connectivity index (χ3v) is 4.78. The van der Waals surface area contributed by atoms with E-state index in [0.717, 1.165) is 16.5 Å². The zero-order valence-electron chi connectivity index (χ0n) is 16.8. The maximum atomic E-state index is 12.7. The Labute approximate surface area is 179 Å². The molecule has 1 aliphatic carbocycles. The van der Waals surface area contributed by atoms with Crippen molar-refractivity contribution >= 4 is 16.9 Å². The van der Waals surface area contributed by atoms with Gasteiger partial charge in [0.15, 0.2) is 5.43 Å². The lowest BCUT2D eigenvalue weighted by Crippen LogP contribution is -2.08. The summed E-state index contributed by atoms with van der Waals surface area (Å²) in [7, 11) is 0. The van der Waals surface area contributed by atoms with Gasteiger partial charge >= 0.3 is 5.97 Å². The van der Waals surface area contributed by atoms with Crippen LogP contribution in [0.25, 0.3) is 33.4 Å². The average Bonchev–Trinajstić information content (AvgIpc) is 2.79. The summed E-state index contributed by atoms with van der Waals surface area (Å²) in [6.45, 7) is 7.72. The van der Waals surface area contributed by atoms with E-state index in [9.17, 15) is 9.59 Å². The molecule has 5 heteroatoms. The summed E-state index contributed by atoms with van der Waals surface area (Å²) in [5.41, 5.74) is 2.95. The van der Waals surface area contributed by atoms with Crippen LogP contribution in [0.5, 0.6) is 5.75 Å². The molecule has 0 fully saturated rings. The van der Waals surface area contributed by atoms with Gasteiger partial charge in [0, 0.05) is 28.6 Å². The number of fused-ring (bicyclic) bond motifs is 2. The standard InChI is InChI=1S/C26H20O5/c1-3-13-29-18-10-12-22-24(16-18)31-23-15-17(27)9-11-21(23)25(22)19-7-5-6-8-20(19)26(28)30-14-4-2/h3-12,15-16H,1-2,13-14H2. The molecule has 0 unspecified atom stereocenters. The normalized spacial score (nSPS) is 10.7. The van der Waals surface area contributed by atoms with E-state index < -0.39 is 5.97 Å². The fourth-order valence-corrected chi connectivity index (χ4v) is 3.48. The Hall–Kier alpha value is -4.12. The van der Waals surface area contributed by atoms with Crippen molar-refractivity contribution in [2.75, 3.05) is 13.2 Å². The van der Waals surface area contributed by atoms with Crippen molar-refractivity contribution in [1.82, 2.24) is 0 Å². The van der Waals surface area contributed by atoms with Gasteiger partial charge in [0.05, 0.1) is 5.56 Å². The van der Waals surface area contributed by atoms with Gasteiger partial charge in [0.2, 0.25) is 0 Å². The summed E-state index contributed by atoms with van der Waals surface area (Å²) < 4.78 is 17.0. The molecule has 2 aromatic rings. The number of hydrogen-bond donors (Lipinski definition) is 0. The van der Waals surface area contributed by atoms with E-state index in [4.69, 9.17) is 13.9 Å². The lowest BCUT2D eigenvalue weighted by molar-refractivity contribution is 0.0550. The van der Waals surface area contributed by atoms with Gasteiger partial charge in [-0.2, -0.15) is 0 Å². The highest BCUT2D eigenvalue weighted by Gasteiger charge is 2.22. The molecule has 154 valence electrons. The number of hydrogen-bond acceptors (Lipinski definition) is 5. The maximum absolute atomic E-state index is 12.7. The van der Waals surface area contributed by atoms with Crippen molar-refractivity contribution in [1.29, 1.82) is 0 Å². The van der Waals surface area contributed by atoms with Gasteiger partial charge in [-0.25, -0.2) is 4.79 Å². The topological polar surface area (TPSA) is 65.7 Å². The first kappa shape index (κ1) is 20.2. The first-order valence-electron chi connectivity index (χ1n) is 9.74. The van der Waals surface area contributed by atoms with Crippen LogP contribution in [-0.4, -0.2) is 19.2 Å². The summed E-state index contributed by atoms with van der Waals surface area (Å²) in [4.78, 5) is 24.7. The Morgan fingerprint density at radius 3 is 2.55 bits per heavy atom. The summed E-state index contributed by atoms with van der Waals surface area (Å²) in [5.74, 6) is 0.576. The zero-order chi connectivity index (χ0) is 21.8. The quantitative estimate of drug-likeness (QED) is 0.229. The lowest BCUT2D eigenvalue weighted by atomic mass is 9.91. The van der Waals surface area contributed by atoms with Gasteiger partial charge in [-0.3, -0.25) is 4.79 Å². The molecule has 2 aliphatic rings. The third kappa shape index (κ3) is 3.98. The Bertz CT molecular complexity index is 1320. The van der Waals surface area contributed by atoms with Gasteiger partial charge < -0.3 is 13.9 Å². The third-order valence-electron chi connectivity index (χ3n) is 4.78. The van der Waals surface area contributed by atoms with Crippen LogP contribution in [0.3, 0.4) is 0 Å². The van der Waals surface area contributed by atoms with Gasteiger partial charge in [-0.1, -0.05) is 43.5 Å². The average molecular weight is 412 g/mol. The van der Waals surface area contributed by atoms with E-state index in [1.54, 1.807) is 30.3 Å². The fraction of sp³-hybridized carbons (Fsp3) is 0.0769. The van der Waals surface area contributed by atoms with Crippen molar-refractivity contribution in [3.63, 3.8) is 0 Å². The lowest BCUT2D eigenvalue weighted by Gasteiger charge is -2.17. The first-order chi connectivity index (χ1) is 15.1. The predicted molar refractivity (Wildman–Crippen MR) is 121 cm³/mol. The van der Waals surface area contributed by atoms with Gasteiger partial charge in [-0.15, -0.1) is 0 Å². The van der Waals surface area contributed by atoms with Gasteiger partial charge in [-0.05, 0) is 35.9 Å². The number of benzene rings is 3. The van der Waals surface area contributed by atoms with Crippen molar-refractivity contribution < 1.29 is 18.7 Å². The second-order valence-corrected chi connectivity index (χ2v) is 6.83. The van der Waals surface area contributed by atoms with E-state index >= 15 is 0 Å². The number of rotatable bonds is 7. The minimum Gasteiger partial charge on any atom is -0.489 e. The molecule has 5 nitrogen and oxygen atoms in total. The largest absolute Gasteiger partial charge is 0.489 e. The summed E-state index contributed by atoms with van der Waals surface area (Å²) in [6.07, 6.45) is 3.18. The van der Waals surface area contributed by atoms with E-state index in [1.165, 1.54) is 18.2 Å². The summed E-state index contributed by atoms with van der Waals surface area (Å²) in [6, 6.07) is 17.3. The minimum absolute atomic E-state index is 0.113. The number of carbonyl (C=O) groups excluding carboxylic acids is 1. The second kappa shape index (κ2) is 8.71. The van der Waals surface area contributed by atoms with Crippen LogP contribution < -0.4 is 10.2 Å². The molecule has 4 rings (SSSR count). The highest BCUT2D eigenvalue weighted by Crippen LogP contribution is 2.42. The van der Waals surface area contributed by atoms with Crippen molar-refractivity contribution in [3.8, 4) is 28.2 Å². The van der Waals surface area contributed by atoms with E-state index in [0.29, 0.717) is 34.8 Å². The zero-order valence-corrected chi connectivity index (χ0v) is 16.8. The summed E-state index contributed by atoms with van der Waals surface area (Å²) in [5, 5.41) is 0.779. The van der Waals surface area contributed by atoms with Crippen molar-refractivity contribution in [2.45, 2.75) is 0 Å². The highest BCUT2D eigenvalue weighted by molar-refractivity contribution is 6.07. The molecule has 0 amide bonds. The Morgan fingerprint density at radius 2 is 1.74 bits per heavy atom. The molecule has 0 atom stereocenters. The molecule has 1 aliphatic heterocycles. The van der Waals surface area contributed by atoms with E-state index in [1.807, 2.05) is 24.3 Å². The van der Waals surface area contributed by atoms with Crippen LogP contribution in [-0.2, 0) is 4.74 Å². The van der Waals surface area contributed by atoms with Crippen molar-refractivity contribution in [3.05, 3.63) is 102 Å². The molecule has 0 saturated heterocycles. The highest BCUT2D eigenvalue weighted by atomic mass is 16.5. The molecular weight excluding hydrogens is 392 g/mol. The van der Waals surface area contributed by atoms with Crippen LogP contribution >= 0.6 is 0 Å². The monoisotopic (exact) mass is 412 g/mol. The summed E-state index contributed by atoms with van der Waals surface area (Å²) >= 11 is 0. The maximum Gasteiger partial charge on any atom is 0.339 e. The Balaban J connectivity index is 2.01.